The lowest BCUT2D eigenvalue weighted by Crippen LogP contribution is -1.98. The summed E-state index contributed by atoms with van der Waals surface area (Å²) in [6, 6.07) is 12.7. The van der Waals surface area contributed by atoms with Crippen LogP contribution < -0.4 is 0 Å². The van der Waals surface area contributed by atoms with E-state index in [-0.39, 0.29) is 5.56 Å². The summed E-state index contributed by atoms with van der Waals surface area (Å²) < 4.78 is 0. The van der Waals surface area contributed by atoms with Crippen molar-refractivity contribution in [3.63, 3.8) is 0 Å². The molecule has 0 spiro atoms. The average Bonchev–Trinajstić information content (AvgIpc) is 2.33. The molecule has 0 aliphatic rings. The standard InChI is InChI=1S/C14H11ClO2/c1-9-7-11(14(16)17)8-12(13(9)15)10-5-3-2-4-6-10/h2-8H,1H3,(H,16,17). The van der Waals surface area contributed by atoms with E-state index in [9.17, 15) is 4.79 Å². The first-order valence-electron chi connectivity index (χ1n) is 5.18. The van der Waals surface area contributed by atoms with Crippen LogP contribution in [0.15, 0.2) is 42.5 Å². The van der Waals surface area contributed by atoms with Crippen LogP contribution in [-0.2, 0) is 0 Å². The minimum atomic E-state index is -0.943. The Bertz CT molecular complexity index is 562. The molecule has 86 valence electrons. The minimum Gasteiger partial charge on any atom is -0.478 e. The maximum absolute atomic E-state index is 11.0. The van der Waals surface area contributed by atoms with Crippen LogP contribution in [0.5, 0.6) is 0 Å². The van der Waals surface area contributed by atoms with Crippen molar-refractivity contribution in [2.45, 2.75) is 6.92 Å². The van der Waals surface area contributed by atoms with Gasteiger partial charge in [-0.1, -0.05) is 41.9 Å². The van der Waals surface area contributed by atoms with Crippen LogP contribution in [0.2, 0.25) is 5.02 Å². The number of carboxylic acid groups (broad SMARTS) is 1. The summed E-state index contributed by atoms with van der Waals surface area (Å²) in [5, 5.41) is 9.63. The van der Waals surface area contributed by atoms with Crippen molar-refractivity contribution in [1.82, 2.24) is 0 Å². The number of rotatable bonds is 2. The number of aryl methyl sites for hydroxylation is 1. The molecule has 3 heteroatoms. The molecule has 0 unspecified atom stereocenters. The SMILES string of the molecule is Cc1cc(C(=O)O)cc(-c2ccccc2)c1Cl. The van der Waals surface area contributed by atoms with Gasteiger partial charge in [-0.25, -0.2) is 4.79 Å². The third-order valence-corrected chi connectivity index (χ3v) is 3.09. The predicted octanol–water partition coefficient (Wildman–Crippen LogP) is 4.01. The number of hydrogen-bond acceptors (Lipinski definition) is 1. The zero-order valence-electron chi connectivity index (χ0n) is 9.27. The van der Waals surface area contributed by atoms with Gasteiger partial charge in [-0.15, -0.1) is 0 Å². The van der Waals surface area contributed by atoms with Gasteiger partial charge in [0.1, 0.15) is 0 Å². The van der Waals surface area contributed by atoms with Crippen LogP contribution in [0, 0.1) is 6.92 Å². The summed E-state index contributed by atoms with van der Waals surface area (Å²) >= 11 is 6.21. The van der Waals surface area contributed by atoms with Gasteiger partial charge >= 0.3 is 5.97 Å². The number of aromatic carboxylic acids is 1. The fourth-order valence-electron chi connectivity index (χ4n) is 1.72. The van der Waals surface area contributed by atoms with Crippen molar-refractivity contribution in [2.24, 2.45) is 0 Å². The highest BCUT2D eigenvalue weighted by Gasteiger charge is 2.11. The van der Waals surface area contributed by atoms with Gasteiger partial charge in [-0.05, 0) is 30.2 Å². The van der Waals surface area contributed by atoms with Gasteiger partial charge in [-0.2, -0.15) is 0 Å². The number of carboxylic acids is 1. The Morgan fingerprint density at radius 1 is 1.18 bits per heavy atom. The monoisotopic (exact) mass is 246 g/mol. The lowest BCUT2D eigenvalue weighted by atomic mass is 10.00. The van der Waals surface area contributed by atoms with Crippen molar-refractivity contribution in [2.75, 3.05) is 0 Å². The van der Waals surface area contributed by atoms with Gasteiger partial charge in [0.15, 0.2) is 0 Å². The number of hydrogen-bond donors (Lipinski definition) is 1. The third-order valence-electron chi connectivity index (χ3n) is 2.59. The first kappa shape index (κ1) is 11.7. The van der Waals surface area contributed by atoms with E-state index in [1.54, 1.807) is 19.1 Å². The highest BCUT2D eigenvalue weighted by Crippen LogP contribution is 2.31. The summed E-state index contributed by atoms with van der Waals surface area (Å²) in [6.07, 6.45) is 0. The van der Waals surface area contributed by atoms with Crippen LogP contribution >= 0.6 is 11.6 Å². The molecule has 0 heterocycles. The van der Waals surface area contributed by atoms with Crippen molar-refractivity contribution >= 4 is 17.6 Å². The fourth-order valence-corrected chi connectivity index (χ4v) is 1.94. The molecular weight excluding hydrogens is 236 g/mol. The first-order chi connectivity index (χ1) is 8.09. The van der Waals surface area contributed by atoms with Gasteiger partial charge in [0, 0.05) is 5.56 Å². The van der Waals surface area contributed by atoms with E-state index in [1.165, 1.54) is 0 Å². The third kappa shape index (κ3) is 2.32. The maximum atomic E-state index is 11.0. The topological polar surface area (TPSA) is 37.3 Å². The van der Waals surface area contributed by atoms with Crippen molar-refractivity contribution < 1.29 is 9.90 Å². The van der Waals surface area contributed by atoms with Gasteiger partial charge in [-0.3, -0.25) is 0 Å². The van der Waals surface area contributed by atoms with Crippen LogP contribution in [0.1, 0.15) is 15.9 Å². The van der Waals surface area contributed by atoms with Crippen LogP contribution in [0.4, 0.5) is 0 Å². The fraction of sp³-hybridized carbons (Fsp3) is 0.0714. The van der Waals surface area contributed by atoms with Gasteiger partial charge in [0.25, 0.3) is 0 Å². The molecule has 0 saturated carbocycles. The smallest absolute Gasteiger partial charge is 0.335 e. The summed E-state index contributed by atoms with van der Waals surface area (Å²) in [7, 11) is 0. The van der Waals surface area contributed by atoms with Crippen LogP contribution in [0.3, 0.4) is 0 Å². The van der Waals surface area contributed by atoms with Gasteiger partial charge in [0.2, 0.25) is 0 Å². The predicted molar refractivity (Wildman–Crippen MR) is 68.6 cm³/mol. The Labute approximate surface area is 104 Å². The molecule has 0 saturated heterocycles. The zero-order valence-corrected chi connectivity index (χ0v) is 10.0. The minimum absolute atomic E-state index is 0.255. The molecule has 0 fully saturated rings. The molecule has 0 amide bonds. The summed E-state index contributed by atoms with van der Waals surface area (Å²) in [4.78, 5) is 11.0. The molecule has 0 aliphatic carbocycles. The molecule has 2 rings (SSSR count). The highest BCUT2D eigenvalue weighted by atomic mass is 35.5. The molecule has 0 aliphatic heterocycles. The van der Waals surface area contributed by atoms with E-state index >= 15 is 0 Å². The van der Waals surface area contributed by atoms with Crippen molar-refractivity contribution in [1.29, 1.82) is 0 Å². The second-order valence-electron chi connectivity index (χ2n) is 3.83. The lowest BCUT2D eigenvalue weighted by Gasteiger charge is -2.09. The Morgan fingerprint density at radius 2 is 1.82 bits per heavy atom. The Hall–Kier alpha value is -1.80. The van der Waals surface area contributed by atoms with E-state index in [2.05, 4.69) is 0 Å². The summed E-state index contributed by atoms with van der Waals surface area (Å²) in [5.74, 6) is -0.943. The van der Waals surface area contributed by atoms with E-state index in [0.717, 1.165) is 16.7 Å². The molecule has 0 radical (unpaired) electrons. The van der Waals surface area contributed by atoms with Crippen molar-refractivity contribution in [3.05, 3.63) is 58.6 Å². The van der Waals surface area contributed by atoms with Gasteiger partial charge in [0.05, 0.1) is 10.6 Å². The molecule has 2 aromatic carbocycles. The summed E-state index contributed by atoms with van der Waals surface area (Å²) in [5.41, 5.74) is 2.70. The van der Waals surface area contributed by atoms with Crippen LogP contribution in [-0.4, -0.2) is 11.1 Å². The molecule has 17 heavy (non-hydrogen) atoms. The van der Waals surface area contributed by atoms with Gasteiger partial charge < -0.3 is 5.11 Å². The Kier molecular flexibility index (Phi) is 3.16. The van der Waals surface area contributed by atoms with Crippen molar-refractivity contribution in [3.8, 4) is 11.1 Å². The normalized spacial score (nSPS) is 10.2. The molecule has 2 aromatic rings. The van der Waals surface area contributed by atoms with Crippen LogP contribution in [0.25, 0.3) is 11.1 Å². The number of carbonyl (C=O) groups is 1. The molecular formula is C14H11ClO2. The Morgan fingerprint density at radius 3 is 2.41 bits per heavy atom. The first-order valence-corrected chi connectivity index (χ1v) is 5.56. The summed E-state index contributed by atoms with van der Waals surface area (Å²) in [6.45, 7) is 1.81. The second-order valence-corrected chi connectivity index (χ2v) is 4.20. The molecule has 2 nitrogen and oxygen atoms in total. The van der Waals surface area contributed by atoms with E-state index in [0.29, 0.717) is 5.02 Å². The number of halogens is 1. The highest BCUT2D eigenvalue weighted by molar-refractivity contribution is 6.34. The maximum Gasteiger partial charge on any atom is 0.335 e. The number of benzene rings is 2. The van der Waals surface area contributed by atoms with E-state index in [4.69, 9.17) is 16.7 Å². The largest absolute Gasteiger partial charge is 0.478 e. The van der Waals surface area contributed by atoms with E-state index < -0.39 is 5.97 Å². The Balaban J connectivity index is 2.65. The molecule has 0 bridgehead atoms. The molecule has 1 N–H and O–H groups in total. The molecule has 0 aromatic heterocycles. The van der Waals surface area contributed by atoms with E-state index in [1.807, 2.05) is 30.3 Å². The lowest BCUT2D eigenvalue weighted by molar-refractivity contribution is 0.0697. The second kappa shape index (κ2) is 4.60. The average molecular weight is 247 g/mol. The zero-order chi connectivity index (χ0) is 12.4. The quantitative estimate of drug-likeness (QED) is 0.869. The molecule has 0 atom stereocenters.